The molecule has 3 aromatic rings. The van der Waals surface area contributed by atoms with Gasteiger partial charge in [-0.1, -0.05) is 60.2 Å². The van der Waals surface area contributed by atoms with Gasteiger partial charge in [-0.15, -0.1) is 0 Å². The van der Waals surface area contributed by atoms with E-state index in [0.717, 1.165) is 41.4 Å². The van der Waals surface area contributed by atoms with Gasteiger partial charge in [0.05, 0.1) is 11.3 Å². The number of aryl methyl sites for hydroxylation is 1. The fourth-order valence-electron chi connectivity index (χ4n) is 4.22. The molecule has 1 heterocycles. The first-order chi connectivity index (χ1) is 14.2. The molecule has 0 spiro atoms. The van der Waals surface area contributed by atoms with Crippen molar-refractivity contribution in [1.29, 1.82) is 0 Å². The Bertz CT molecular complexity index is 1080. The molecule has 0 fully saturated rings. The molecule has 1 amide bonds. The molecule has 29 heavy (non-hydrogen) atoms. The molecule has 1 aliphatic rings. The van der Waals surface area contributed by atoms with Crippen LogP contribution in [0.25, 0.3) is 22.2 Å². The number of aromatic nitrogens is 1. The zero-order chi connectivity index (χ0) is 20.2. The number of benzene rings is 2. The monoisotopic (exact) mass is 386 g/mol. The average molecular weight is 386 g/mol. The number of carbonyl (C=O) groups excluding carboxylic acids is 2. The lowest BCUT2D eigenvalue weighted by atomic mass is 9.97. The predicted molar refractivity (Wildman–Crippen MR) is 117 cm³/mol. The van der Waals surface area contributed by atoms with E-state index in [1.807, 2.05) is 66.2 Å². The number of para-hydroxylation sites is 1. The Morgan fingerprint density at radius 1 is 1.00 bits per heavy atom. The van der Waals surface area contributed by atoms with Gasteiger partial charge in [-0.3, -0.25) is 9.59 Å². The Morgan fingerprint density at radius 2 is 1.76 bits per heavy atom. The van der Waals surface area contributed by atoms with Gasteiger partial charge in [-0.25, -0.2) is 0 Å². The molecule has 4 nitrogen and oxygen atoms in total. The van der Waals surface area contributed by atoms with E-state index < -0.39 is 11.7 Å². The second kappa shape index (κ2) is 8.48. The Morgan fingerprint density at radius 3 is 2.52 bits per heavy atom. The van der Waals surface area contributed by atoms with Gasteiger partial charge in [0.15, 0.2) is 0 Å². The number of ketones is 1. The number of hydrogen-bond acceptors (Lipinski definition) is 2. The highest BCUT2D eigenvalue weighted by atomic mass is 16.2. The molecule has 0 radical (unpaired) electrons. The summed E-state index contributed by atoms with van der Waals surface area (Å²) in [4.78, 5) is 25.9. The second-order valence-electron chi connectivity index (χ2n) is 7.61. The molecule has 2 aromatic carbocycles. The highest BCUT2D eigenvalue weighted by Gasteiger charge is 2.26. The molecular formula is C25H26N2O2. The number of fused-ring (bicyclic) bond motifs is 1. The Hall–Kier alpha value is -3.14. The van der Waals surface area contributed by atoms with E-state index in [1.54, 1.807) is 0 Å². The summed E-state index contributed by atoms with van der Waals surface area (Å²) in [5, 5.41) is 3.65. The normalized spacial score (nSPS) is 13.9. The van der Waals surface area contributed by atoms with Crippen molar-refractivity contribution in [3.63, 3.8) is 0 Å². The molecule has 0 atom stereocenters. The van der Waals surface area contributed by atoms with Gasteiger partial charge in [0.1, 0.15) is 0 Å². The van der Waals surface area contributed by atoms with E-state index in [0.29, 0.717) is 12.1 Å². The maximum absolute atomic E-state index is 13.2. The van der Waals surface area contributed by atoms with E-state index in [9.17, 15) is 9.59 Å². The number of carbonyl (C=O) groups is 2. The van der Waals surface area contributed by atoms with E-state index in [1.165, 1.54) is 18.4 Å². The van der Waals surface area contributed by atoms with Crippen molar-refractivity contribution < 1.29 is 9.59 Å². The zero-order valence-corrected chi connectivity index (χ0v) is 16.8. The van der Waals surface area contributed by atoms with Gasteiger partial charge in [-0.2, -0.15) is 0 Å². The number of amides is 1. The summed E-state index contributed by atoms with van der Waals surface area (Å²) in [5.74, 6) is -1.01. The summed E-state index contributed by atoms with van der Waals surface area (Å²) < 4.78 is 2.00. The first kappa shape index (κ1) is 19.2. The number of nitrogens with zero attached hydrogens (tertiary/aromatic N) is 1. The molecular weight excluding hydrogens is 360 g/mol. The quantitative estimate of drug-likeness (QED) is 0.367. The van der Waals surface area contributed by atoms with Crippen molar-refractivity contribution in [1.82, 2.24) is 9.88 Å². The number of allylic oxidation sites excluding steroid dienone is 1. The summed E-state index contributed by atoms with van der Waals surface area (Å²) >= 11 is 0. The van der Waals surface area contributed by atoms with Crippen LogP contribution in [0.3, 0.4) is 0 Å². The second-order valence-corrected chi connectivity index (χ2v) is 7.61. The largest absolute Gasteiger partial charge is 0.349 e. The third kappa shape index (κ3) is 3.88. The smallest absolute Gasteiger partial charge is 0.292 e. The molecule has 0 aliphatic heterocycles. The molecule has 0 bridgehead atoms. The average Bonchev–Trinajstić information content (AvgIpc) is 3.07. The van der Waals surface area contributed by atoms with Gasteiger partial charge >= 0.3 is 0 Å². The first-order valence-electron chi connectivity index (χ1n) is 10.3. The minimum Gasteiger partial charge on any atom is -0.349 e. The van der Waals surface area contributed by atoms with Crippen LogP contribution >= 0.6 is 0 Å². The minimum absolute atomic E-state index is 0.474. The van der Waals surface area contributed by atoms with Crippen LogP contribution in [0.15, 0.2) is 66.2 Å². The molecule has 0 saturated heterocycles. The van der Waals surface area contributed by atoms with Crippen LogP contribution in [-0.2, 0) is 11.8 Å². The van der Waals surface area contributed by atoms with Gasteiger partial charge in [0, 0.05) is 24.5 Å². The minimum atomic E-state index is -0.532. The van der Waals surface area contributed by atoms with Gasteiger partial charge < -0.3 is 9.88 Å². The lowest BCUT2D eigenvalue weighted by molar-refractivity contribution is -0.116. The van der Waals surface area contributed by atoms with Crippen molar-refractivity contribution in [3.05, 3.63) is 71.8 Å². The molecule has 0 unspecified atom stereocenters. The molecule has 0 saturated carbocycles. The Kier molecular flexibility index (Phi) is 5.61. The molecule has 1 N–H and O–H groups in total. The summed E-state index contributed by atoms with van der Waals surface area (Å²) in [6.45, 7) is 0.502. The summed E-state index contributed by atoms with van der Waals surface area (Å²) in [7, 11) is 1.94. The van der Waals surface area contributed by atoms with Crippen molar-refractivity contribution >= 4 is 22.6 Å². The van der Waals surface area contributed by atoms with Gasteiger partial charge in [0.2, 0.25) is 0 Å². The molecule has 148 valence electrons. The summed E-state index contributed by atoms with van der Waals surface area (Å²) in [6, 6.07) is 17.5. The molecule has 1 aliphatic carbocycles. The summed E-state index contributed by atoms with van der Waals surface area (Å²) in [5.41, 5.74) is 4.51. The maximum atomic E-state index is 13.2. The number of rotatable bonds is 6. The van der Waals surface area contributed by atoms with E-state index in [4.69, 9.17) is 0 Å². The summed E-state index contributed by atoms with van der Waals surface area (Å²) in [6.07, 6.45) is 7.78. The van der Waals surface area contributed by atoms with E-state index >= 15 is 0 Å². The lowest BCUT2D eigenvalue weighted by Gasteiger charge is -2.13. The van der Waals surface area contributed by atoms with Crippen molar-refractivity contribution in [2.75, 3.05) is 6.54 Å². The van der Waals surface area contributed by atoms with Crippen LogP contribution in [0.4, 0.5) is 0 Å². The van der Waals surface area contributed by atoms with Crippen molar-refractivity contribution in [2.24, 2.45) is 7.05 Å². The molecule has 4 rings (SSSR count). The third-order valence-corrected chi connectivity index (χ3v) is 5.70. The van der Waals surface area contributed by atoms with Crippen LogP contribution < -0.4 is 5.32 Å². The highest BCUT2D eigenvalue weighted by Crippen LogP contribution is 2.33. The Labute approximate surface area is 171 Å². The van der Waals surface area contributed by atoms with Crippen LogP contribution in [0.5, 0.6) is 0 Å². The van der Waals surface area contributed by atoms with Gasteiger partial charge in [0.25, 0.3) is 11.7 Å². The standard InChI is InChI=1S/C25H26N2O2/c1-27-21-15-9-8-14-20(21)22(23(27)19-12-6-3-7-13-19)24(28)25(29)26-17-16-18-10-4-2-5-11-18/h3,6-10,12-15H,2,4-5,11,16-17H2,1H3,(H,26,29). The molecule has 1 aromatic heterocycles. The SMILES string of the molecule is Cn1c(-c2ccccc2)c(C(=O)C(=O)NCCC2=CCCCC2)c2ccccc21. The predicted octanol–water partition coefficient (Wildman–Crippen LogP) is 5.03. The zero-order valence-electron chi connectivity index (χ0n) is 16.8. The highest BCUT2D eigenvalue weighted by molar-refractivity contribution is 6.46. The number of nitrogens with one attached hydrogen (secondary N) is 1. The van der Waals surface area contributed by atoms with Crippen LogP contribution in [0.1, 0.15) is 42.5 Å². The van der Waals surface area contributed by atoms with Crippen molar-refractivity contribution in [2.45, 2.75) is 32.1 Å². The van der Waals surface area contributed by atoms with Gasteiger partial charge in [-0.05, 0) is 43.7 Å². The van der Waals surface area contributed by atoms with Crippen molar-refractivity contribution in [3.8, 4) is 11.3 Å². The fourth-order valence-corrected chi connectivity index (χ4v) is 4.22. The third-order valence-electron chi connectivity index (χ3n) is 5.70. The molecule has 4 heteroatoms. The first-order valence-corrected chi connectivity index (χ1v) is 10.3. The van der Waals surface area contributed by atoms with E-state index in [-0.39, 0.29) is 0 Å². The lowest BCUT2D eigenvalue weighted by Crippen LogP contribution is -2.32. The van der Waals surface area contributed by atoms with E-state index in [2.05, 4.69) is 11.4 Å². The van der Waals surface area contributed by atoms with Crippen LogP contribution in [-0.4, -0.2) is 22.8 Å². The topological polar surface area (TPSA) is 51.1 Å². The number of hydrogen-bond donors (Lipinski definition) is 1. The Balaban J connectivity index is 1.63. The van der Waals surface area contributed by atoms with Crippen LogP contribution in [0.2, 0.25) is 0 Å². The van der Waals surface area contributed by atoms with Crippen LogP contribution in [0, 0.1) is 0 Å². The maximum Gasteiger partial charge on any atom is 0.292 e. The fraction of sp³-hybridized carbons (Fsp3) is 0.280. The number of Topliss-reactive ketones (excluding diaryl/α,β-unsaturated/α-hetero) is 1.